The van der Waals surface area contributed by atoms with Crippen molar-refractivity contribution < 1.29 is 13.9 Å². The van der Waals surface area contributed by atoms with Crippen LogP contribution in [-0.4, -0.2) is 24.8 Å². The van der Waals surface area contributed by atoms with E-state index >= 15 is 0 Å². The maximum atomic E-state index is 14.0. The third kappa shape index (κ3) is 3.91. The Kier molecular flexibility index (Phi) is 5.22. The van der Waals surface area contributed by atoms with Gasteiger partial charge in [0.1, 0.15) is 10.8 Å². The number of thiophene rings is 1. The molecular weight excluding hydrogens is 351 g/mol. The number of nitrogens with one attached hydrogen (secondary N) is 1. The maximum Gasteiger partial charge on any atom is 0.415 e. The second-order valence-corrected chi connectivity index (χ2v) is 8.11. The summed E-state index contributed by atoms with van der Waals surface area (Å²) in [4.78, 5) is 14.3. The molecule has 2 bridgehead atoms. The van der Waals surface area contributed by atoms with Gasteiger partial charge in [-0.1, -0.05) is 18.2 Å². The van der Waals surface area contributed by atoms with Gasteiger partial charge in [-0.05, 0) is 55.2 Å². The molecular formula is C20H23FN2O2S. The molecule has 2 unspecified atom stereocenters. The molecule has 2 saturated heterocycles. The number of amides is 1. The highest BCUT2D eigenvalue weighted by Crippen LogP contribution is 2.31. The standard InChI is InChI=1S/C20H23FN2O2S/c21-18-5-2-1-4-15(18)12-23(19-6-3-9-26-19)20(24)25-13-14-10-16-7-8-17(11-14)22-16/h1-6,9,14,16-17,22H,7-8,10-13H2. The molecule has 1 N–H and O–H groups in total. The zero-order valence-electron chi connectivity index (χ0n) is 14.6. The smallest absolute Gasteiger partial charge is 0.415 e. The molecule has 4 rings (SSSR count). The van der Waals surface area contributed by atoms with Gasteiger partial charge in [0.25, 0.3) is 0 Å². The number of hydrogen-bond donors (Lipinski definition) is 1. The third-order valence-corrected chi connectivity index (χ3v) is 6.18. The van der Waals surface area contributed by atoms with Gasteiger partial charge in [0.15, 0.2) is 0 Å². The van der Waals surface area contributed by atoms with Crippen molar-refractivity contribution in [2.24, 2.45) is 5.92 Å². The van der Waals surface area contributed by atoms with E-state index in [9.17, 15) is 9.18 Å². The molecule has 2 aromatic rings. The average Bonchev–Trinajstić information content (AvgIpc) is 3.29. The molecule has 0 radical (unpaired) electrons. The van der Waals surface area contributed by atoms with Gasteiger partial charge in [0.2, 0.25) is 0 Å². The van der Waals surface area contributed by atoms with E-state index in [0.717, 1.165) is 17.8 Å². The van der Waals surface area contributed by atoms with Crippen molar-refractivity contribution in [1.82, 2.24) is 5.32 Å². The maximum absolute atomic E-state index is 14.0. The highest BCUT2D eigenvalue weighted by Gasteiger charge is 2.34. The predicted molar refractivity (Wildman–Crippen MR) is 101 cm³/mol. The van der Waals surface area contributed by atoms with Gasteiger partial charge in [-0.25, -0.2) is 9.18 Å². The van der Waals surface area contributed by atoms with Crippen LogP contribution in [0.4, 0.5) is 14.2 Å². The summed E-state index contributed by atoms with van der Waals surface area (Å²) < 4.78 is 19.7. The highest BCUT2D eigenvalue weighted by molar-refractivity contribution is 7.14. The number of fused-ring (bicyclic) bond motifs is 2. The molecule has 1 aromatic heterocycles. The fourth-order valence-corrected chi connectivity index (χ4v) is 4.75. The first kappa shape index (κ1) is 17.5. The molecule has 6 heteroatoms. The van der Waals surface area contributed by atoms with Crippen LogP contribution in [0.2, 0.25) is 0 Å². The van der Waals surface area contributed by atoms with Crippen molar-refractivity contribution in [3.8, 4) is 0 Å². The Bertz CT molecular complexity index is 740. The summed E-state index contributed by atoms with van der Waals surface area (Å²) in [5.41, 5.74) is 0.484. The summed E-state index contributed by atoms with van der Waals surface area (Å²) in [5.74, 6) is 0.105. The third-order valence-electron chi connectivity index (χ3n) is 5.29. The molecule has 138 valence electrons. The first-order valence-electron chi connectivity index (χ1n) is 9.16. The zero-order chi connectivity index (χ0) is 17.9. The Hall–Kier alpha value is -1.92. The fourth-order valence-electron chi connectivity index (χ4n) is 4.03. The van der Waals surface area contributed by atoms with Crippen LogP contribution in [0.15, 0.2) is 41.8 Å². The largest absolute Gasteiger partial charge is 0.449 e. The van der Waals surface area contributed by atoms with E-state index in [2.05, 4.69) is 5.32 Å². The predicted octanol–water partition coefficient (Wildman–Crippen LogP) is 4.56. The van der Waals surface area contributed by atoms with E-state index in [1.807, 2.05) is 17.5 Å². The molecule has 2 atom stereocenters. The lowest BCUT2D eigenvalue weighted by Gasteiger charge is -2.29. The van der Waals surface area contributed by atoms with E-state index in [0.29, 0.717) is 30.2 Å². The molecule has 3 heterocycles. The minimum Gasteiger partial charge on any atom is -0.449 e. The molecule has 1 aromatic carbocycles. The van der Waals surface area contributed by atoms with Gasteiger partial charge in [0.05, 0.1) is 13.2 Å². The van der Waals surface area contributed by atoms with Crippen molar-refractivity contribution >= 4 is 22.4 Å². The van der Waals surface area contributed by atoms with Gasteiger partial charge in [0, 0.05) is 17.6 Å². The SMILES string of the molecule is O=C(OCC1CC2CCC(C1)N2)N(Cc1ccccc1F)c1cccs1. The molecule has 26 heavy (non-hydrogen) atoms. The van der Waals surface area contributed by atoms with Crippen molar-refractivity contribution in [1.29, 1.82) is 0 Å². The molecule has 0 spiro atoms. The zero-order valence-corrected chi connectivity index (χ0v) is 15.4. The van der Waals surface area contributed by atoms with Crippen molar-refractivity contribution in [2.45, 2.75) is 44.3 Å². The number of rotatable bonds is 5. The Morgan fingerprint density at radius 2 is 1.96 bits per heavy atom. The lowest BCUT2D eigenvalue weighted by atomic mass is 9.93. The van der Waals surface area contributed by atoms with Crippen LogP contribution in [-0.2, 0) is 11.3 Å². The Morgan fingerprint density at radius 1 is 1.19 bits per heavy atom. The lowest BCUT2D eigenvalue weighted by Crippen LogP contribution is -2.40. The Morgan fingerprint density at radius 3 is 2.65 bits per heavy atom. The van der Waals surface area contributed by atoms with Gasteiger partial charge in [-0.15, -0.1) is 11.3 Å². The Balaban J connectivity index is 1.42. The second-order valence-electron chi connectivity index (χ2n) is 7.18. The summed E-state index contributed by atoms with van der Waals surface area (Å²) in [6.07, 6.45) is 4.18. The summed E-state index contributed by atoms with van der Waals surface area (Å²) in [5, 5.41) is 6.27. The van der Waals surface area contributed by atoms with Crippen LogP contribution in [0, 0.1) is 11.7 Å². The van der Waals surface area contributed by atoms with Crippen molar-refractivity contribution in [2.75, 3.05) is 11.5 Å². The number of benzene rings is 1. The molecule has 0 saturated carbocycles. The summed E-state index contributed by atoms with van der Waals surface area (Å²) in [6.45, 7) is 0.607. The second kappa shape index (κ2) is 7.76. The van der Waals surface area contributed by atoms with Crippen LogP contribution in [0.1, 0.15) is 31.2 Å². The number of anilines is 1. The number of carbonyl (C=O) groups excluding carboxylic acids is 1. The van der Waals surface area contributed by atoms with Crippen LogP contribution >= 0.6 is 11.3 Å². The van der Waals surface area contributed by atoms with Crippen molar-refractivity contribution in [3.05, 3.63) is 53.2 Å². The molecule has 2 aliphatic heterocycles. The lowest BCUT2D eigenvalue weighted by molar-refractivity contribution is 0.116. The monoisotopic (exact) mass is 374 g/mol. The summed E-state index contributed by atoms with van der Waals surface area (Å²) >= 11 is 1.45. The molecule has 2 aliphatic rings. The first-order valence-corrected chi connectivity index (χ1v) is 10.0. The highest BCUT2D eigenvalue weighted by atomic mass is 32.1. The number of halogens is 1. The van der Waals surface area contributed by atoms with Crippen molar-refractivity contribution in [3.63, 3.8) is 0 Å². The van der Waals surface area contributed by atoms with Crippen LogP contribution < -0.4 is 10.2 Å². The topological polar surface area (TPSA) is 41.6 Å². The number of hydrogen-bond acceptors (Lipinski definition) is 4. The number of piperidine rings is 1. The minimum atomic E-state index is -0.401. The van der Waals surface area contributed by atoms with Gasteiger partial charge in [-0.2, -0.15) is 0 Å². The molecule has 0 aliphatic carbocycles. The van der Waals surface area contributed by atoms with E-state index < -0.39 is 6.09 Å². The number of ether oxygens (including phenoxy) is 1. The number of nitrogens with zero attached hydrogens (tertiary/aromatic N) is 1. The molecule has 2 fully saturated rings. The minimum absolute atomic E-state index is 0.170. The van der Waals surface area contributed by atoms with Crippen LogP contribution in [0.3, 0.4) is 0 Å². The van der Waals surface area contributed by atoms with E-state index in [4.69, 9.17) is 4.74 Å². The fraction of sp³-hybridized carbons (Fsp3) is 0.450. The molecule has 4 nitrogen and oxygen atoms in total. The summed E-state index contributed by atoms with van der Waals surface area (Å²) in [7, 11) is 0. The van der Waals surface area contributed by atoms with Crippen LogP contribution in [0.5, 0.6) is 0 Å². The quantitative estimate of drug-likeness (QED) is 0.834. The van der Waals surface area contributed by atoms with Gasteiger partial charge >= 0.3 is 6.09 Å². The van der Waals surface area contributed by atoms with E-state index in [1.54, 1.807) is 18.2 Å². The van der Waals surface area contributed by atoms with E-state index in [1.165, 1.54) is 35.1 Å². The normalized spacial score (nSPS) is 24.4. The van der Waals surface area contributed by atoms with Gasteiger partial charge in [-0.3, -0.25) is 4.90 Å². The van der Waals surface area contributed by atoms with E-state index in [-0.39, 0.29) is 12.4 Å². The summed E-state index contributed by atoms with van der Waals surface area (Å²) in [6, 6.07) is 11.4. The number of carbonyl (C=O) groups is 1. The molecule has 1 amide bonds. The Labute approximate surface area is 157 Å². The van der Waals surface area contributed by atoms with Gasteiger partial charge < -0.3 is 10.1 Å². The first-order chi connectivity index (χ1) is 12.7. The van der Waals surface area contributed by atoms with Crippen LogP contribution in [0.25, 0.3) is 0 Å². The average molecular weight is 374 g/mol.